The van der Waals surface area contributed by atoms with Crippen LogP contribution in [-0.4, -0.2) is 11.9 Å². The van der Waals surface area contributed by atoms with Crippen LogP contribution in [0.25, 0.3) is 0 Å². The highest BCUT2D eigenvalue weighted by atomic mass is 16.3. The van der Waals surface area contributed by atoms with Crippen molar-refractivity contribution in [3.8, 4) is 0 Å². The highest BCUT2D eigenvalue weighted by Gasteiger charge is 2.25. The summed E-state index contributed by atoms with van der Waals surface area (Å²) in [6.07, 6.45) is 5.34. The number of amides is 1. The van der Waals surface area contributed by atoms with Crippen molar-refractivity contribution in [1.82, 2.24) is 5.32 Å². The van der Waals surface area contributed by atoms with Gasteiger partial charge < -0.3 is 15.5 Å². The summed E-state index contributed by atoms with van der Waals surface area (Å²) in [6.45, 7) is 1.91. The molecule has 1 heterocycles. The molecule has 4 heteroatoms. The number of nitrogens with two attached hydrogens (primary N) is 1. The summed E-state index contributed by atoms with van der Waals surface area (Å²) in [5.74, 6) is 0.933. The number of furan rings is 1. The van der Waals surface area contributed by atoms with Crippen LogP contribution in [0.3, 0.4) is 0 Å². The largest absolute Gasteiger partial charge is 0.469 e. The molecule has 0 aliphatic heterocycles. The van der Waals surface area contributed by atoms with Crippen molar-refractivity contribution in [3.05, 3.63) is 23.7 Å². The lowest BCUT2D eigenvalue weighted by atomic mass is 9.93. The lowest BCUT2D eigenvalue weighted by molar-refractivity contribution is -0.123. The first-order chi connectivity index (χ1) is 7.72. The molecule has 0 spiro atoms. The predicted molar refractivity (Wildman–Crippen MR) is 60.8 cm³/mol. The lowest BCUT2D eigenvalue weighted by Gasteiger charge is -2.24. The van der Waals surface area contributed by atoms with E-state index in [0.717, 1.165) is 30.6 Å². The molecule has 1 aromatic heterocycles. The normalized spacial score (nSPS) is 21.2. The van der Waals surface area contributed by atoms with E-state index in [1.807, 2.05) is 13.0 Å². The highest BCUT2D eigenvalue weighted by molar-refractivity contribution is 5.81. The van der Waals surface area contributed by atoms with Crippen LogP contribution in [0.1, 0.15) is 43.6 Å². The molecular weight excluding hydrogens is 204 g/mol. The predicted octanol–water partition coefficient (Wildman–Crippen LogP) is 1.51. The van der Waals surface area contributed by atoms with Crippen molar-refractivity contribution in [2.24, 2.45) is 5.73 Å². The fraction of sp³-hybridized carbons (Fsp3) is 0.583. The van der Waals surface area contributed by atoms with Gasteiger partial charge in [-0.3, -0.25) is 4.79 Å². The third-order valence-corrected chi connectivity index (χ3v) is 3.15. The van der Waals surface area contributed by atoms with Crippen LogP contribution in [0.15, 0.2) is 16.7 Å². The van der Waals surface area contributed by atoms with Gasteiger partial charge in [0, 0.05) is 12.0 Å². The first-order valence-corrected chi connectivity index (χ1v) is 5.84. The number of nitrogens with one attached hydrogen (secondary N) is 1. The van der Waals surface area contributed by atoms with E-state index in [4.69, 9.17) is 10.2 Å². The molecule has 3 N–H and O–H groups in total. The van der Waals surface area contributed by atoms with Crippen LogP contribution in [0.5, 0.6) is 0 Å². The Hall–Kier alpha value is -1.29. The third-order valence-electron chi connectivity index (χ3n) is 3.15. The molecule has 1 aromatic rings. The minimum Gasteiger partial charge on any atom is -0.469 e. The second-order valence-corrected chi connectivity index (χ2v) is 4.27. The molecule has 0 saturated carbocycles. The summed E-state index contributed by atoms with van der Waals surface area (Å²) in [5.41, 5.74) is 6.81. The van der Waals surface area contributed by atoms with Crippen LogP contribution in [-0.2, 0) is 11.2 Å². The van der Waals surface area contributed by atoms with E-state index in [1.165, 1.54) is 0 Å². The third kappa shape index (κ3) is 2.11. The summed E-state index contributed by atoms with van der Waals surface area (Å²) in [4.78, 5) is 11.7. The van der Waals surface area contributed by atoms with E-state index in [0.29, 0.717) is 6.42 Å². The number of carbonyl (C=O) groups is 1. The summed E-state index contributed by atoms with van der Waals surface area (Å²) in [7, 11) is 0. The van der Waals surface area contributed by atoms with E-state index in [-0.39, 0.29) is 11.9 Å². The maximum Gasteiger partial charge on any atom is 0.237 e. The number of rotatable bonds is 3. The van der Waals surface area contributed by atoms with Gasteiger partial charge in [0.15, 0.2) is 0 Å². The fourth-order valence-corrected chi connectivity index (χ4v) is 2.10. The van der Waals surface area contributed by atoms with E-state index in [2.05, 4.69) is 5.32 Å². The molecule has 1 aliphatic carbocycles. The standard InChI is InChI=1S/C12H18N2O2/c1-2-9(13)12(15)14-10-4-3-5-11-8(10)6-7-16-11/h6-7,9-10H,2-5,13H2,1H3,(H,14,15)/t9-,10?/m1/s1. The van der Waals surface area contributed by atoms with Gasteiger partial charge in [-0.25, -0.2) is 0 Å². The molecule has 4 nitrogen and oxygen atoms in total. The molecule has 2 rings (SSSR count). The zero-order valence-corrected chi connectivity index (χ0v) is 9.53. The summed E-state index contributed by atoms with van der Waals surface area (Å²) < 4.78 is 5.37. The van der Waals surface area contributed by atoms with Crippen molar-refractivity contribution >= 4 is 5.91 Å². The molecule has 0 saturated heterocycles. The second-order valence-electron chi connectivity index (χ2n) is 4.27. The number of fused-ring (bicyclic) bond motifs is 1. The van der Waals surface area contributed by atoms with Crippen molar-refractivity contribution < 1.29 is 9.21 Å². The second kappa shape index (κ2) is 4.70. The van der Waals surface area contributed by atoms with Gasteiger partial charge in [0.2, 0.25) is 5.91 Å². The van der Waals surface area contributed by atoms with E-state index in [9.17, 15) is 4.79 Å². The van der Waals surface area contributed by atoms with Crippen LogP contribution in [0.4, 0.5) is 0 Å². The first-order valence-electron chi connectivity index (χ1n) is 5.84. The van der Waals surface area contributed by atoms with Gasteiger partial charge in [-0.2, -0.15) is 0 Å². The quantitative estimate of drug-likeness (QED) is 0.814. The Morgan fingerprint density at radius 2 is 2.56 bits per heavy atom. The van der Waals surface area contributed by atoms with E-state index in [1.54, 1.807) is 6.26 Å². The SMILES string of the molecule is CC[C@@H](N)C(=O)NC1CCCc2occc21. The molecule has 16 heavy (non-hydrogen) atoms. The topological polar surface area (TPSA) is 68.3 Å². The molecule has 0 radical (unpaired) electrons. The number of aryl methyl sites for hydroxylation is 1. The van der Waals surface area contributed by atoms with Gasteiger partial charge in [-0.05, 0) is 25.3 Å². The van der Waals surface area contributed by atoms with E-state index >= 15 is 0 Å². The molecule has 1 unspecified atom stereocenters. The van der Waals surface area contributed by atoms with Gasteiger partial charge in [0.1, 0.15) is 5.76 Å². The Kier molecular flexibility index (Phi) is 3.29. The highest BCUT2D eigenvalue weighted by Crippen LogP contribution is 2.30. The zero-order valence-electron chi connectivity index (χ0n) is 9.53. The Bertz CT molecular complexity index is 373. The molecule has 2 atom stereocenters. The van der Waals surface area contributed by atoms with Crippen molar-refractivity contribution in [2.75, 3.05) is 0 Å². The molecule has 0 fully saturated rings. The smallest absolute Gasteiger partial charge is 0.237 e. The average Bonchev–Trinajstić information content (AvgIpc) is 2.77. The monoisotopic (exact) mass is 222 g/mol. The summed E-state index contributed by atoms with van der Waals surface area (Å²) in [6, 6.07) is 1.61. The molecule has 1 aliphatic rings. The Morgan fingerprint density at radius 1 is 1.75 bits per heavy atom. The molecular formula is C12H18N2O2. The van der Waals surface area contributed by atoms with E-state index < -0.39 is 6.04 Å². The van der Waals surface area contributed by atoms with Crippen LogP contribution in [0.2, 0.25) is 0 Å². The summed E-state index contributed by atoms with van der Waals surface area (Å²) in [5, 5.41) is 2.99. The molecule has 88 valence electrons. The summed E-state index contributed by atoms with van der Waals surface area (Å²) >= 11 is 0. The van der Waals surface area contributed by atoms with Gasteiger partial charge in [-0.15, -0.1) is 0 Å². The first kappa shape index (κ1) is 11.2. The van der Waals surface area contributed by atoms with Crippen LogP contribution < -0.4 is 11.1 Å². The Morgan fingerprint density at radius 3 is 3.31 bits per heavy atom. The minimum absolute atomic E-state index is 0.0680. The number of hydrogen-bond donors (Lipinski definition) is 2. The Labute approximate surface area is 95.2 Å². The van der Waals surface area contributed by atoms with Gasteiger partial charge in [0.25, 0.3) is 0 Å². The van der Waals surface area contributed by atoms with Crippen molar-refractivity contribution in [1.29, 1.82) is 0 Å². The lowest BCUT2D eigenvalue weighted by Crippen LogP contribution is -2.42. The van der Waals surface area contributed by atoms with Gasteiger partial charge >= 0.3 is 0 Å². The van der Waals surface area contributed by atoms with Gasteiger partial charge in [0.05, 0.1) is 18.3 Å². The average molecular weight is 222 g/mol. The maximum atomic E-state index is 11.7. The Balaban J connectivity index is 2.05. The van der Waals surface area contributed by atoms with Crippen molar-refractivity contribution in [2.45, 2.75) is 44.7 Å². The van der Waals surface area contributed by atoms with Crippen LogP contribution >= 0.6 is 0 Å². The molecule has 0 aromatic carbocycles. The molecule has 1 amide bonds. The number of hydrogen-bond acceptors (Lipinski definition) is 3. The fourth-order valence-electron chi connectivity index (χ4n) is 2.10. The zero-order chi connectivity index (χ0) is 11.5. The van der Waals surface area contributed by atoms with Crippen molar-refractivity contribution in [3.63, 3.8) is 0 Å². The van der Waals surface area contributed by atoms with Crippen LogP contribution in [0, 0.1) is 0 Å². The van der Waals surface area contributed by atoms with Gasteiger partial charge in [-0.1, -0.05) is 6.92 Å². The minimum atomic E-state index is -0.405. The molecule has 0 bridgehead atoms. The maximum absolute atomic E-state index is 11.7. The number of carbonyl (C=O) groups excluding carboxylic acids is 1.